The quantitative estimate of drug-likeness (QED) is 0.719. The van der Waals surface area contributed by atoms with E-state index in [1.807, 2.05) is 0 Å². The highest BCUT2D eigenvalue weighted by Gasteiger charge is 2.49. The van der Waals surface area contributed by atoms with Gasteiger partial charge in [-0.05, 0) is 37.6 Å². The second-order valence-electron chi connectivity index (χ2n) is 6.37. The van der Waals surface area contributed by atoms with Gasteiger partial charge in [-0.1, -0.05) is 39.5 Å². The smallest absolute Gasteiger partial charge is 0.0850 e. The molecule has 0 amide bonds. The fourth-order valence-electron chi connectivity index (χ4n) is 3.60. The Balaban J connectivity index is 2.14. The summed E-state index contributed by atoms with van der Waals surface area (Å²) in [6, 6.07) is 0.324. The van der Waals surface area contributed by atoms with Crippen molar-refractivity contribution in [2.45, 2.75) is 76.9 Å². The second-order valence-corrected chi connectivity index (χ2v) is 6.37. The average molecular weight is 225 g/mol. The summed E-state index contributed by atoms with van der Waals surface area (Å²) in [5.41, 5.74) is -0.400. The maximum atomic E-state index is 11.1. The van der Waals surface area contributed by atoms with E-state index in [-0.39, 0.29) is 5.41 Å². The Morgan fingerprint density at radius 3 is 2.50 bits per heavy atom. The number of hydrogen-bond donors (Lipinski definition) is 2. The van der Waals surface area contributed by atoms with Gasteiger partial charge < -0.3 is 10.4 Å². The molecule has 1 aliphatic heterocycles. The first-order chi connectivity index (χ1) is 7.56. The van der Waals surface area contributed by atoms with Gasteiger partial charge in [0.2, 0.25) is 0 Å². The van der Waals surface area contributed by atoms with E-state index in [1.165, 1.54) is 38.5 Å². The fraction of sp³-hybridized carbons (Fsp3) is 1.00. The molecular formula is C14H27NO. The first-order valence-electron chi connectivity index (χ1n) is 7.02. The van der Waals surface area contributed by atoms with Crippen LogP contribution in [0.1, 0.15) is 65.2 Å². The van der Waals surface area contributed by atoms with Crippen LogP contribution in [0, 0.1) is 5.41 Å². The fourth-order valence-corrected chi connectivity index (χ4v) is 3.60. The average Bonchev–Trinajstić information content (AvgIpc) is 2.51. The Morgan fingerprint density at radius 2 is 1.75 bits per heavy atom. The lowest BCUT2D eigenvalue weighted by Gasteiger charge is -2.51. The zero-order valence-corrected chi connectivity index (χ0v) is 10.9. The molecule has 2 aliphatic rings. The summed E-state index contributed by atoms with van der Waals surface area (Å²) in [6.07, 6.45) is 9.64. The van der Waals surface area contributed by atoms with E-state index in [4.69, 9.17) is 0 Å². The highest BCUT2D eigenvalue weighted by molar-refractivity contribution is 5.04. The topological polar surface area (TPSA) is 32.3 Å². The molecule has 2 fully saturated rings. The van der Waals surface area contributed by atoms with Crippen LogP contribution < -0.4 is 5.32 Å². The van der Waals surface area contributed by atoms with Gasteiger partial charge >= 0.3 is 0 Å². The molecule has 0 aromatic heterocycles. The van der Waals surface area contributed by atoms with Crippen LogP contribution >= 0.6 is 0 Å². The van der Waals surface area contributed by atoms with Crippen molar-refractivity contribution in [3.05, 3.63) is 0 Å². The molecule has 0 bridgehead atoms. The molecule has 0 spiro atoms. The van der Waals surface area contributed by atoms with E-state index >= 15 is 0 Å². The zero-order valence-electron chi connectivity index (χ0n) is 10.9. The van der Waals surface area contributed by atoms with Crippen LogP contribution in [0.15, 0.2) is 0 Å². The summed E-state index contributed by atoms with van der Waals surface area (Å²) in [4.78, 5) is 0. The molecule has 2 rings (SSSR count). The van der Waals surface area contributed by atoms with E-state index in [1.54, 1.807) is 0 Å². The van der Waals surface area contributed by atoms with Crippen LogP contribution in [0.3, 0.4) is 0 Å². The van der Waals surface area contributed by atoms with Gasteiger partial charge in [0.05, 0.1) is 5.60 Å². The molecule has 0 aromatic rings. The lowest BCUT2D eigenvalue weighted by molar-refractivity contribution is -0.122. The normalized spacial score (nSPS) is 40.3. The summed E-state index contributed by atoms with van der Waals surface area (Å²) in [5.74, 6) is 0. The lowest BCUT2D eigenvalue weighted by atomic mass is 9.61. The van der Waals surface area contributed by atoms with Crippen LogP contribution in [-0.2, 0) is 0 Å². The molecule has 1 heterocycles. The van der Waals surface area contributed by atoms with Crippen molar-refractivity contribution in [1.29, 1.82) is 0 Å². The molecule has 2 atom stereocenters. The standard InChI is InChI=1S/C14H27NO/c1-13(2)9-5-6-10-14(13,16)12-8-4-3-7-11-15-12/h12,15-16H,3-11H2,1-2H3. The zero-order chi connectivity index (χ0) is 11.6. The van der Waals surface area contributed by atoms with Gasteiger partial charge in [0.25, 0.3) is 0 Å². The van der Waals surface area contributed by atoms with E-state index < -0.39 is 5.60 Å². The van der Waals surface area contributed by atoms with Gasteiger partial charge in [0.1, 0.15) is 0 Å². The summed E-state index contributed by atoms with van der Waals surface area (Å²) >= 11 is 0. The molecule has 0 radical (unpaired) electrons. The maximum absolute atomic E-state index is 11.1. The Kier molecular flexibility index (Phi) is 3.60. The minimum absolute atomic E-state index is 0.0766. The lowest BCUT2D eigenvalue weighted by Crippen LogP contribution is -2.60. The van der Waals surface area contributed by atoms with Crippen molar-refractivity contribution in [2.24, 2.45) is 5.41 Å². The van der Waals surface area contributed by atoms with E-state index in [0.29, 0.717) is 6.04 Å². The first-order valence-corrected chi connectivity index (χ1v) is 7.02. The number of rotatable bonds is 1. The van der Waals surface area contributed by atoms with Crippen LogP contribution in [0.4, 0.5) is 0 Å². The number of hydrogen-bond acceptors (Lipinski definition) is 2. The number of nitrogens with one attached hydrogen (secondary N) is 1. The third-order valence-corrected chi connectivity index (χ3v) is 4.92. The monoisotopic (exact) mass is 225 g/mol. The molecule has 16 heavy (non-hydrogen) atoms. The molecule has 0 aromatic carbocycles. The predicted octanol–water partition coefficient (Wildman–Crippen LogP) is 2.85. The van der Waals surface area contributed by atoms with Crippen molar-refractivity contribution >= 4 is 0 Å². The second kappa shape index (κ2) is 4.66. The Labute approximate surface area is 99.8 Å². The van der Waals surface area contributed by atoms with Crippen molar-refractivity contribution < 1.29 is 5.11 Å². The highest BCUT2D eigenvalue weighted by atomic mass is 16.3. The Hall–Kier alpha value is -0.0800. The Morgan fingerprint density at radius 1 is 1.00 bits per heavy atom. The predicted molar refractivity (Wildman–Crippen MR) is 67.5 cm³/mol. The molecule has 1 saturated heterocycles. The van der Waals surface area contributed by atoms with Crippen LogP contribution in [0.25, 0.3) is 0 Å². The van der Waals surface area contributed by atoms with Gasteiger partial charge in [-0.3, -0.25) is 0 Å². The third kappa shape index (κ3) is 2.14. The Bertz CT molecular complexity index is 231. The van der Waals surface area contributed by atoms with Gasteiger partial charge in [-0.25, -0.2) is 0 Å². The van der Waals surface area contributed by atoms with Crippen LogP contribution in [0.2, 0.25) is 0 Å². The minimum Gasteiger partial charge on any atom is -0.388 e. The largest absolute Gasteiger partial charge is 0.388 e. The van der Waals surface area contributed by atoms with Gasteiger partial charge in [-0.2, -0.15) is 0 Å². The maximum Gasteiger partial charge on any atom is 0.0850 e. The highest BCUT2D eigenvalue weighted by Crippen LogP contribution is 2.46. The summed E-state index contributed by atoms with van der Waals surface area (Å²) in [7, 11) is 0. The molecule has 2 unspecified atom stereocenters. The molecule has 1 saturated carbocycles. The van der Waals surface area contributed by atoms with Crippen LogP contribution in [0.5, 0.6) is 0 Å². The first kappa shape index (κ1) is 12.4. The molecule has 2 nitrogen and oxygen atoms in total. The SMILES string of the molecule is CC1(C)CCCCC1(O)C1CCCCCN1. The molecule has 2 heteroatoms. The van der Waals surface area contributed by atoms with Crippen molar-refractivity contribution in [3.8, 4) is 0 Å². The molecule has 1 aliphatic carbocycles. The minimum atomic E-state index is -0.477. The summed E-state index contributed by atoms with van der Waals surface area (Å²) < 4.78 is 0. The van der Waals surface area contributed by atoms with Crippen molar-refractivity contribution in [3.63, 3.8) is 0 Å². The van der Waals surface area contributed by atoms with E-state index in [0.717, 1.165) is 19.4 Å². The molecule has 94 valence electrons. The number of aliphatic hydroxyl groups is 1. The van der Waals surface area contributed by atoms with Gasteiger partial charge in [0, 0.05) is 6.04 Å². The van der Waals surface area contributed by atoms with Crippen LogP contribution in [-0.4, -0.2) is 23.3 Å². The molecule has 2 N–H and O–H groups in total. The van der Waals surface area contributed by atoms with Gasteiger partial charge in [-0.15, -0.1) is 0 Å². The van der Waals surface area contributed by atoms with Crippen molar-refractivity contribution in [2.75, 3.05) is 6.54 Å². The molecular weight excluding hydrogens is 198 g/mol. The summed E-state index contributed by atoms with van der Waals surface area (Å²) in [5, 5.41) is 14.7. The summed E-state index contributed by atoms with van der Waals surface area (Å²) in [6.45, 7) is 5.58. The van der Waals surface area contributed by atoms with E-state index in [2.05, 4.69) is 19.2 Å². The van der Waals surface area contributed by atoms with Crippen molar-refractivity contribution in [1.82, 2.24) is 5.32 Å². The van der Waals surface area contributed by atoms with Gasteiger partial charge in [0.15, 0.2) is 0 Å². The third-order valence-electron chi connectivity index (χ3n) is 4.92. The van der Waals surface area contributed by atoms with E-state index in [9.17, 15) is 5.11 Å².